The summed E-state index contributed by atoms with van der Waals surface area (Å²) in [6.45, 7) is 5.52. The first-order valence-corrected chi connectivity index (χ1v) is 9.51. The Hall–Kier alpha value is -3.12. The van der Waals surface area contributed by atoms with E-state index in [2.05, 4.69) is 10.4 Å². The molecule has 0 aliphatic rings. The molecule has 0 fully saturated rings. The molecule has 0 spiro atoms. The quantitative estimate of drug-likeness (QED) is 0.688. The second kappa shape index (κ2) is 8.49. The third-order valence-electron chi connectivity index (χ3n) is 4.60. The molecule has 0 aliphatic heterocycles. The minimum atomic E-state index is -0.563. The van der Waals surface area contributed by atoms with Crippen molar-refractivity contribution in [3.8, 4) is 11.4 Å². The Morgan fingerprint density at radius 2 is 1.90 bits per heavy atom. The van der Waals surface area contributed by atoms with Crippen LogP contribution < -0.4 is 15.5 Å². The Morgan fingerprint density at radius 3 is 2.59 bits per heavy atom. The Balaban J connectivity index is 1.96. The van der Waals surface area contributed by atoms with E-state index in [1.54, 1.807) is 32.2 Å². The summed E-state index contributed by atoms with van der Waals surface area (Å²) >= 11 is 6.26. The van der Waals surface area contributed by atoms with E-state index >= 15 is 0 Å². The van der Waals surface area contributed by atoms with E-state index in [-0.39, 0.29) is 11.7 Å². The van der Waals surface area contributed by atoms with Crippen LogP contribution in [0.4, 0.5) is 0 Å². The number of nitrogens with zero attached hydrogens (tertiary/aromatic N) is 2. The van der Waals surface area contributed by atoms with Crippen LogP contribution in [0.5, 0.6) is 5.75 Å². The highest BCUT2D eigenvalue weighted by molar-refractivity contribution is 6.32. The number of methoxy groups -OCH3 is 1. The largest absolute Gasteiger partial charge is 0.496 e. The van der Waals surface area contributed by atoms with Gasteiger partial charge in [-0.15, -0.1) is 0 Å². The first kappa shape index (κ1) is 20.6. The minimum absolute atomic E-state index is 0.200. The van der Waals surface area contributed by atoms with Crippen LogP contribution in [-0.4, -0.2) is 22.8 Å². The van der Waals surface area contributed by atoms with Crippen LogP contribution in [0.1, 0.15) is 40.3 Å². The van der Waals surface area contributed by atoms with Gasteiger partial charge in [-0.3, -0.25) is 9.59 Å². The topological polar surface area (TPSA) is 73.2 Å². The van der Waals surface area contributed by atoms with Gasteiger partial charge in [0.15, 0.2) is 5.69 Å². The van der Waals surface area contributed by atoms with Crippen molar-refractivity contribution in [3.05, 3.63) is 86.3 Å². The van der Waals surface area contributed by atoms with E-state index < -0.39 is 11.3 Å². The van der Waals surface area contributed by atoms with Crippen molar-refractivity contribution in [1.29, 1.82) is 0 Å². The molecule has 1 aromatic heterocycles. The fourth-order valence-electron chi connectivity index (χ4n) is 3.11. The number of halogens is 1. The molecule has 1 unspecified atom stereocenters. The fourth-order valence-corrected chi connectivity index (χ4v) is 3.32. The average molecular weight is 412 g/mol. The molecule has 1 atom stereocenters. The molecule has 7 heteroatoms. The Kier molecular flexibility index (Phi) is 6.03. The second-order valence-electron chi connectivity index (χ2n) is 6.80. The van der Waals surface area contributed by atoms with Crippen molar-refractivity contribution in [3.63, 3.8) is 0 Å². The predicted molar refractivity (Wildman–Crippen MR) is 113 cm³/mol. The number of ether oxygens (including phenoxy) is 1. The number of amides is 1. The monoisotopic (exact) mass is 411 g/mol. The number of benzene rings is 2. The summed E-state index contributed by atoms with van der Waals surface area (Å²) in [7, 11) is 1.58. The van der Waals surface area contributed by atoms with Crippen molar-refractivity contribution in [2.75, 3.05) is 7.11 Å². The number of carbonyl (C=O) groups excluding carboxylic acids is 1. The normalized spacial score (nSPS) is 11.8. The van der Waals surface area contributed by atoms with Gasteiger partial charge in [-0.1, -0.05) is 41.4 Å². The summed E-state index contributed by atoms with van der Waals surface area (Å²) in [4.78, 5) is 25.3. The molecule has 0 bridgehead atoms. The van der Waals surface area contributed by atoms with Gasteiger partial charge < -0.3 is 10.1 Å². The van der Waals surface area contributed by atoms with E-state index in [9.17, 15) is 9.59 Å². The van der Waals surface area contributed by atoms with Gasteiger partial charge in [0.2, 0.25) is 5.43 Å². The molecule has 3 aromatic rings. The molecular formula is C22H22ClN3O3. The van der Waals surface area contributed by atoms with Crippen molar-refractivity contribution in [2.24, 2.45) is 0 Å². The number of hydrogen-bond donors (Lipinski definition) is 1. The van der Waals surface area contributed by atoms with E-state index in [0.717, 1.165) is 11.1 Å². The molecule has 2 aromatic carbocycles. The summed E-state index contributed by atoms with van der Waals surface area (Å²) in [5.41, 5.74) is 2.37. The van der Waals surface area contributed by atoms with Crippen molar-refractivity contribution >= 4 is 17.5 Å². The molecule has 3 rings (SSSR count). The SMILES string of the molecule is COc1ccc(C)cc1C(C)NC(=O)c1nn(-c2ccccc2Cl)c(C)cc1=O. The Bertz CT molecular complexity index is 1120. The van der Waals surface area contributed by atoms with E-state index in [1.165, 1.54) is 10.7 Å². The van der Waals surface area contributed by atoms with Crippen molar-refractivity contribution < 1.29 is 9.53 Å². The van der Waals surface area contributed by atoms with Crippen LogP contribution in [0.3, 0.4) is 0 Å². The standard InChI is InChI=1S/C22H22ClN3O3/c1-13-9-10-20(29-4)16(11-13)15(3)24-22(28)21-19(27)12-14(2)26(25-21)18-8-6-5-7-17(18)23/h5-12,15H,1-4H3,(H,24,28). The Morgan fingerprint density at radius 1 is 1.17 bits per heavy atom. The summed E-state index contributed by atoms with van der Waals surface area (Å²) < 4.78 is 6.89. The molecule has 150 valence electrons. The Labute approximate surface area is 174 Å². The molecule has 0 saturated heterocycles. The maximum atomic E-state index is 12.9. The lowest BCUT2D eigenvalue weighted by Crippen LogP contribution is -2.33. The third-order valence-corrected chi connectivity index (χ3v) is 4.92. The lowest BCUT2D eigenvalue weighted by atomic mass is 10.0. The number of carbonyl (C=O) groups is 1. The molecule has 29 heavy (non-hydrogen) atoms. The summed E-state index contributed by atoms with van der Waals surface area (Å²) in [6.07, 6.45) is 0. The van der Waals surface area contributed by atoms with Gasteiger partial charge in [0, 0.05) is 17.3 Å². The fraction of sp³-hybridized carbons (Fsp3) is 0.227. The van der Waals surface area contributed by atoms with Crippen LogP contribution in [0.15, 0.2) is 53.3 Å². The summed E-state index contributed by atoms with van der Waals surface area (Å²) in [6, 6.07) is 13.8. The maximum Gasteiger partial charge on any atom is 0.276 e. The molecule has 1 N–H and O–H groups in total. The zero-order chi connectivity index (χ0) is 21.1. The zero-order valence-corrected chi connectivity index (χ0v) is 17.4. The molecule has 0 aliphatic carbocycles. The highest BCUT2D eigenvalue weighted by Crippen LogP contribution is 2.26. The van der Waals surface area contributed by atoms with Gasteiger partial charge in [0.1, 0.15) is 5.75 Å². The average Bonchev–Trinajstić information content (AvgIpc) is 2.68. The molecule has 0 radical (unpaired) electrons. The van der Waals surface area contributed by atoms with Gasteiger partial charge in [0.25, 0.3) is 5.91 Å². The number of aromatic nitrogens is 2. The first-order chi connectivity index (χ1) is 13.8. The van der Waals surface area contributed by atoms with Crippen molar-refractivity contribution in [1.82, 2.24) is 15.1 Å². The predicted octanol–water partition coefficient (Wildman–Crippen LogP) is 4.00. The van der Waals surface area contributed by atoms with Crippen LogP contribution >= 0.6 is 11.6 Å². The van der Waals surface area contributed by atoms with Crippen LogP contribution in [-0.2, 0) is 0 Å². The minimum Gasteiger partial charge on any atom is -0.496 e. The van der Waals surface area contributed by atoms with Gasteiger partial charge in [0.05, 0.1) is 23.9 Å². The molecule has 1 amide bonds. The molecular weight excluding hydrogens is 390 g/mol. The van der Waals surface area contributed by atoms with Gasteiger partial charge in [-0.25, -0.2) is 4.68 Å². The van der Waals surface area contributed by atoms with E-state index in [4.69, 9.17) is 16.3 Å². The molecule has 6 nitrogen and oxygen atoms in total. The number of nitrogens with one attached hydrogen (secondary N) is 1. The highest BCUT2D eigenvalue weighted by atomic mass is 35.5. The zero-order valence-electron chi connectivity index (χ0n) is 16.7. The lowest BCUT2D eigenvalue weighted by Gasteiger charge is -2.18. The van der Waals surface area contributed by atoms with Gasteiger partial charge in [-0.05, 0) is 39.0 Å². The highest BCUT2D eigenvalue weighted by Gasteiger charge is 2.20. The lowest BCUT2D eigenvalue weighted by molar-refractivity contribution is 0.0931. The van der Waals surface area contributed by atoms with Crippen LogP contribution in [0.25, 0.3) is 5.69 Å². The molecule has 0 saturated carbocycles. The van der Waals surface area contributed by atoms with E-state index in [0.29, 0.717) is 22.2 Å². The van der Waals surface area contributed by atoms with Crippen molar-refractivity contribution in [2.45, 2.75) is 26.8 Å². The summed E-state index contributed by atoms with van der Waals surface area (Å²) in [5, 5.41) is 7.59. The molecule has 1 heterocycles. The van der Waals surface area contributed by atoms with E-state index in [1.807, 2.05) is 38.1 Å². The summed E-state index contributed by atoms with van der Waals surface area (Å²) in [5.74, 6) is 0.0978. The van der Waals surface area contributed by atoms with Gasteiger partial charge in [-0.2, -0.15) is 5.10 Å². The smallest absolute Gasteiger partial charge is 0.276 e. The first-order valence-electron chi connectivity index (χ1n) is 9.13. The second-order valence-corrected chi connectivity index (χ2v) is 7.21. The number of hydrogen-bond acceptors (Lipinski definition) is 4. The number of aryl methyl sites for hydroxylation is 2. The maximum absolute atomic E-state index is 12.9. The number of para-hydroxylation sites is 1. The van der Waals surface area contributed by atoms with Crippen LogP contribution in [0, 0.1) is 13.8 Å². The third kappa shape index (κ3) is 4.32. The number of rotatable bonds is 5. The van der Waals surface area contributed by atoms with Gasteiger partial charge >= 0.3 is 0 Å². The van der Waals surface area contributed by atoms with Crippen LogP contribution in [0.2, 0.25) is 5.02 Å².